The van der Waals surface area contributed by atoms with Crippen LogP contribution in [0.15, 0.2) is 77.8 Å². The number of rotatable bonds is 8. The number of guanidine groups is 1. The molecule has 4 aromatic rings. The highest BCUT2D eigenvalue weighted by Gasteiger charge is 2.29. The number of amides is 1. The molecule has 0 aliphatic carbocycles. The van der Waals surface area contributed by atoms with E-state index in [1.165, 1.54) is 0 Å². The molecule has 1 aromatic heterocycles. The Bertz CT molecular complexity index is 1580. The summed E-state index contributed by atoms with van der Waals surface area (Å²) in [5.41, 5.74) is 7.43. The second-order valence-electron chi connectivity index (χ2n) is 9.80. The molecule has 1 aliphatic heterocycles. The topological polar surface area (TPSA) is 144 Å². The average molecular weight is 569 g/mol. The molecule has 2 unspecified atom stereocenters. The van der Waals surface area contributed by atoms with Crippen LogP contribution in [0.2, 0.25) is 0 Å². The van der Waals surface area contributed by atoms with E-state index in [0.29, 0.717) is 18.5 Å². The maximum atomic E-state index is 13.6. The molecular weight excluding hydrogens is 536 g/mol. The van der Waals surface area contributed by atoms with Gasteiger partial charge in [-0.2, -0.15) is 4.72 Å². The summed E-state index contributed by atoms with van der Waals surface area (Å²) in [5.74, 6) is -0.236. The summed E-state index contributed by atoms with van der Waals surface area (Å²) in [6.07, 6.45) is 3.79. The molecule has 5 rings (SSSR count). The average Bonchev–Trinajstić information content (AvgIpc) is 3.33. The zero-order chi connectivity index (χ0) is 26.7. The number of sulfonamides is 1. The van der Waals surface area contributed by atoms with Gasteiger partial charge in [-0.3, -0.25) is 10.2 Å². The van der Waals surface area contributed by atoms with Crippen LogP contribution in [0.5, 0.6) is 0 Å². The number of fused-ring (bicyclic) bond motifs is 2. The molecule has 1 saturated heterocycles. The molecule has 0 radical (unpaired) electrons. The number of nitrogens with two attached hydrogens (primary N) is 1. The number of halogens is 1. The van der Waals surface area contributed by atoms with Gasteiger partial charge < -0.3 is 20.9 Å². The van der Waals surface area contributed by atoms with E-state index in [1.807, 2.05) is 48.7 Å². The molecule has 0 spiro atoms. The lowest BCUT2D eigenvalue weighted by Gasteiger charge is -2.33. The van der Waals surface area contributed by atoms with E-state index in [-0.39, 0.29) is 41.5 Å². The Hall–Kier alpha value is -3.60. The zero-order valence-electron chi connectivity index (χ0n) is 21.4. The molecule has 0 bridgehead atoms. The molecule has 206 valence electrons. The van der Waals surface area contributed by atoms with E-state index in [2.05, 4.69) is 15.0 Å². The molecule has 1 fully saturated rings. The van der Waals surface area contributed by atoms with Crippen LogP contribution in [-0.4, -0.2) is 55.8 Å². The minimum atomic E-state index is -4.02. The highest BCUT2D eigenvalue weighted by molar-refractivity contribution is 7.89. The van der Waals surface area contributed by atoms with Gasteiger partial charge in [-0.1, -0.05) is 54.6 Å². The van der Waals surface area contributed by atoms with Gasteiger partial charge in [-0.15, -0.1) is 12.4 Å². The number of H-pyrrole nitrogens is 1. The van der Waals surface area contributed by atoms with Gasteiger partial charge in [0, 0.05) is 42.1 Å². The third-order valence-electron chi connectivity index (χ3n) is 7.18. The molecule has 39 heavy (non-hydrogen) atoms. The fraction of sp³-hybridized carbons (Fsp3) is 0.286. The van der Waals surface area contributed by atoms with Crippen molar-refractivity contribution in [2.24, 2.45) is 11.7 Å². The Morgan fingerprint density at radius 1 is 1.08 bits per heavy atom. The highest BCUT2D eigenvalue weighted by atomic mass is 35.5. The number of piperidine rings is 1. The first-order valence-electron chi connectivity index (χ1n) is 12.7. The van der Waals surface area contributed by atoms with E-state index in [1.54, 1.807) is 29.2 Å². The SMILES string of the molecule is Cl.N=C(N)N1CCCC(CNC(=O)C(Cc2c[nH]c3ccccc23)NS(=O)(=O)c2cccc3ccccc23)C1. The van der Waals surface area contributed by atoms with E-state index in [0.717, 1.165) is 41.2 Å². The van der Waals surface area contributed by atoms with Gasteiger partial charge in [-0.25, -0.2) is 8.42 Å². The molecular formula is C28H33ClN6O3S. The third-order valence-corrected chi connectivity index (χ3v) is 8.71. The first-order valence-corrected chi connectivity index (χ1v) is 14.2. The number of benzene rings is 3. The molecule has 2 heterocycles. The van der Waals surface area contributed by atoms with Gasteiger partial charge in [0.2, 0.25) is 15.9 Å². The van der Waals surface area contributed by atoms with Gasteiger partial charge in [-0.05, 0) is 48.3 Å². The largest absolute Gasteiger partial charge is 0.370 e. The number of hydrogen-bond acceptors (Lipinski definition) is 4. The highest BCUT2D eigenvalue weighted by Crippen LogP contribution is 2.24. The van der Waals surface area contributed by atoms with Crippen molar-refractivity contribution in [2.45, 2.75) is 30.2 Å². The quantitative estimate of drug-likeness (QED) is 0.163. The van der Waals surface area contributed by atoms with Crippen molar-refractivity contribution in [3.63, 3.8) is 0 Å². The number of carbonyl (C=O) groups excluding carboxylic acids is 1. The number of para-hydroxylation sites is 1. The fourth-order valence-electron chi connectivity index (χ4n) is 5.21. The van der Waals surface area contributed by atoms with Gasteiger partial charge in [0.15, 0.2) is 5.96 Å². The van der Waals surface area contributed by atoms with Crippen LogP contribution in [-0.2, 0) is 21.2 Å². The number of nitrogens with zero attached hydrogens (tertiary/aromatic N) is 1. The first kappa shape index (κ1) is 28.4. The lowest BCUT2D eigenvalue weighted by molar-refractivity contribution is -0.122. The van der Waals surface area contributed by atoms with Crippen molar-refractivity contribution >= 4 is 56.0 Å². The maximum absolute atomic E-state index is 13.6. The Labute approximate surface area is 234 Å². The Morgan fingerprint density at radius 3 is 2.59 bits per heavy atom. The lowest BCUT2D eigenvalue weighted by atomic mass is 9.98. The smallest absolute Gasteiger partial charge is 0.241 e. The summed E-state index contributed by atoms with van der Waals surface area (Å²) < 4.78 is 30.0. The van der Waals surface area contributed by atoms with Crippen molar-refractivity contribution in [1.82, 2.24) is 19.9 Å². The molecule has 11 heteroatoms. The van der Waals surface area contributed by atoms with Crippen LogP contribution in [0, 0.1) is 11.3 Å². The second-order valence-corrected chi connectivity index (χ2v) is 11.5. The van der Waals surface area contributed by atoms with Crippen molar-refractivity contribution in [2.75, 3.05) is 19.6 Å². The second kappa shape index (κ2) is 12.1. The fourth-order valence-corrected chi connectivity index (χ4v) is 6.63. The summed E-state index contributed by atoms with van der Waals surface area (Å²) in [6.45, 7) is 1.70. The minimum absolute atomic E-state index is 0. The Kier molecular flexibility index (Phi) is 8.79. The van der Waals surface area contributed by atoms with E-state index in [4.69, 9.17) is 11.1 Å². The normalized spacial score (nSPS) is 16.5. The summed E-state index contributed by atoms with van der Waals surface area (Å²) >= 11 is 0. The Balaban J connectivity index is 0.00000353. The van der Waals surface area contributed by atoms with Gasteiger partial charge in [0.1, 0.15) is 6.04 Å². The van der Waals surface area contributed by atoms with Crippen LogP contribution >= 0.6 is 12.4 Å². The van der Waals surface area contributed by atoms with Crippen LogP contribution in [0.3, 0.4) is 0 Å². The van der Waals surface area contributed by atoms with Crippen molar-refractivity contribution < 1.29 is 13.2 Å². The van der Waals surface area contributed by atoms with Crippen molar-refractivity contribution in [1.29, 1.82) is 5.41 Å². The molecule has 1 amide bonds. The van der Waals surface area contributed by atoms with Crippen LogP contribution in [0.4, 0.5) is 0 Å². The van der Waals surface area contributed by atoms with Crippen molar-refractivity contribution in [3.8, 4) is 0 Å². The monoisotopic (exact) mass is 568 g/mol. The maximum Gasteiger partial charge on any atom is 0.241 e. The minimum Gasteiger partial charge on any atom is -0.370 e. The zero-order valence-corrected chi connectivity index (χ0v) is 23.0. The van der Waals surface area contributed by atoms with E-state index < -0.39 is 16.1 Å². The summed E-state index contributed by atoms with van der Waals surface area (Å²) in [4.78, 5) is 18.6. The molecule has 0 saturated carbocycles. The summed E-state index contributed by atoms with van der Waals surface area (Å²) in [7, 11) is -4.02. The number of likely N-dealkylation sites (tertiary alicyclic amines) is 1. The van der Waals surface area contributed by atoms with Gasteiger partial charge in [0.25, 0.3) is 0 Å². The molecule has 6 N–H and O–H groups in total. The van der Waals surface area contributed by atoms with Crippen LogP contribution in [0.25, 0.3) is 21.7 Å². The van der Waals surface area contributed by atoms with Gasteiger partial charge >= 0.3 is 0 Å². The van der Waals surface area contributed by atoms with Gasteiger partial charge in [0.05, 0.1) is 4.90 Å². The van der Waals surface area contributed by atoms with Crippen molar-refractivity contribution in [3.05, 3.63) is 78.5 Å². The van der Waals surface area contributed by atoms with E-state index >= 15 is 0 Å². The summed E-state index contributed by atoms with van der Waals surface area (Å²) in [6, 6.07) is 19.1. The molecule has 3 aromatic carbocycles. The summed E-state index contributed by atoms with van der Waals surface area (Å²) in [5, 5.41) is 13.0. The Morgan fingerprint density at radius 2 is 1.79 bits per heavy atom. The third kappa shape index (κ3) is 6.35. The number of nitrogens with one attached hydrogen (secondary N) is 4. The number of aromatic amines is 1. The standard InChI is InChI=1S/C28H32N6O3S.ClH/c29-28(30)34-14-6-7-19(18-34)16-32-27(35)25(15-21-17-31-24-12-4-3-10-22(21)24)33-38(36,37)26-13-5-9-20-8-1-2-11-23(20)26;/h1-5,8-13,17,19,25,31,33H,6-7,14-16,18H2,(H3,29,30)(H,32,35);1H. The number of carbonyl (C=O) groups is 1. The number of aromatic nitrogens is 1. The number of hydrogen-bond donors (Lipinski definition) is 5. The molecule has 1 aliphatic rings. The lowest BCUT2D eigenvalue weighted by Crippen LogP contribution is -2.51. The molecule has 9 nitrogen and oxygen atoms in total. The van der Waals surface area contributed by atoms with Crippen LogP contribution < -0.4 is 15.8 Å². The predicted octanol–water partition coefficient (Wildman–Crippen LogP) is 3.35. The van der Waals surface area contributed by atoms with Crippen LogP contribution in [0.1, 0.15) is 18.4 Å². The van der Waals surface area contributed by atoms with E-state index in [9.17, 15) is 13.2 Å². The molecule has 2 atom stereocenters. The first-order chi connectivity index (χ1) is 18.3. The predicted molar refractivity (Wildman–Crippen MR) is 157 cm³/mol.